The molecule has 0 saturated carbocycles. The Labute approximate surface area is 273 Å². The molecule has 0 aromatic carbocycles. The monoisotopic (exact) mass is 648 g/mol. The molecular weight excluding hydrogens is 592 g/mol. The van der Waals surface area contributed by atoms with Gasteiger partial charge in [-0.3, -0.25) is 9.36 Å². The summed E-state index contributed by atoms with van der Waals surface area (Å²) in [6.07, 6.45) is 13.1. The number of hydrogen-bond donors (Lipinski definition) is 0. The van der Waals surface area contributed by atoms with Crippen LogP contribution >= 0.6 is 0 Å². The van der Waals surface area contributed by atoms with E-state index in [4.69, 9.17) is 0 Å². The first-order chi connectivity index (χ1) is 22.2. The van der Waals surface area contributed by atoms with Crippen LogP contribution in [0.25, 0.3) is 0 Å². The first-order valence-corrected chi connectivity index (χ1v) is 14.7. The SMILES string of the molecule is CC.CC.CC.CC.Cc1nnn(C)n1.Cc1nnnn1C.Cn1ccnn1.Cn1cncn1.Cn1cnnc1.Cn1nccn1. The van der Waals surface area contributed by atoms with Crippen LogP contribution < -0.4 is 0 Å². The molecule has 6 rings (SSSR count). The summed E-state index contributed by atoms with van der Waals surface area (Å²) in [6.45, 7) is 19.6. The van der Waals surface area contributed by atoms with Crippen LogP contribution in [0, 0.1) is 13.8 Å². The molecule has 0 aliphatic rings. The van der Waals surface area contributed by atoms with Gasteiger partial charge in [-0.1, -0.05) is 60.6 Å². The first kappa shape index (κ1) is 47.6. The van der Waals surface area contributed by atoms with Crippen LogP contribution in [0.1, 0.15) is 67.0 Å². The average molecular weight is 649 g/mol. The van der Waals surface area contributed by atoms with E-state index in [1.165, 1.54) is 15.9 Å². The predicted molar refractivity (Wildman–Crippen MR) is 176 cm³/mol. The van der Waals surface area contributed by atoms with E-state index in [1.54, 1.807) is 90.4 Å². The molecule has 46 heavy (non-hydrogen) atoms. The number of nitrogens with zero attached hydrogens (tertiary/aromatic N) is 20. The van der Waals surface area contributed by atoms with Crippen molar-refractivity contribution >= 4 is 0 Å². The second kappa shape index (κ2) is 35.9. The molecule has 0 fully saturated rings. The molecular formula is C26H56N20. The maximum Gasteiger partial charge on any atom is 0.171 e. The van der Waals surface area contributed by atoms with Crippen molar-refractivity contribution in [2.75, 3.05) is 0 Å². The fourth-order valence-corrected chi connectivity index (χ4v) is 1.72. The maximum absolute atomic E-state index is 3.81. The minimum absolute atomic E-state index is 0.711. The summed E-state index contributed by atoms with van der Waals surface area (Å²) in [5.74, 6) is 1.54. The third-order valence-electron chi connectivity index (χ3n) is 3.58. The van der Waals surface area contributed by atoms with E-state index >= 15 is 0 Å². The Kier molecular flexibility index (Phi) is 37.2. The van der Waals surface area contributed by atoms with Crippen molar-refractivity contribution in [1.29, 1.82) is 0 Å². The molecule has 0 radical (unpaired) electrons. The lowest BCUT2D eigenvalue weighted by molar-refractivity contribution is 0.629. The van der Waals surface area contributed by atoms with Gasteiger partial charge in [0.1, 0.15) is 31.1 Å². The molecule has 6 aromatic rings. The van der Waals surface area contributed by atoms with Gasteiger partial charge in [0, 0.05) is 41.4 Å². The normalized spacial score (nSPS) is 8.00. The van der Waals surface area contributed by atoms with Crippen molar-refractivity contribution in [2.45, 2.75) is 69.2 Å². The van der Waals surface area contributed by atoms with Crippen LogP contribution in [-0.2, 0) is 42.3 Å². The minimum Gasteiger partial charge on any atom is -0.323 e. The molecule has 20 nitrogen and oxygen atoms in total. The standard InChI is InChI=1S/2C3H6N4.4C3H5N3.4C2H6/c1-3-4-5-6-7(3)2;1-3-4-6-7(2)5-3;1-6-2-4-5-3-6;1-6-3-4-2-5-6;1-6-3-2-4-5-6;1-6-4-2-3-5-6;4*1-2/h2*1-2H3;4*2-3H,1H3;4*1-2H3. The van der Waals surface area contributed by atoms with Crippen LogP contribution in [0.4, 0.5) is 0 Å². The molecule has 20 heteroatoms. The summed E-state index contributed by atoms with van der Waals surface area (Å²) in [7, 11) is 10.8. The lowest BCUT2D eigenvalue weighted by Gasteiger charge is -1.81. The van der Waals surface area contributed by atoms with Gasteiger partial charge < -0.3 is 4.57 Å². The van der Waals surface area contributed by atoms with Crippen molar-refractivity contribution < 1.29 is 0 Å². The summed E-state index contributed by atoms with van der Waals surface area (Å²) in [6, 6.07) is 0. The smallest absolute Gasteiger partial charge is 0.171 e. The van der Waals surface area contributed by atoms with Crippen LogP contribution in [0.5, 0.6) is 0 Å². The predicted octanol–water partition coefficient (Wildman–Crippen LogP) is 2.40. The van der Waals surface area contributed by atoms with Gasteiger partial charge in [0.15, 0.2) is 5.82 Å². The van der Waals surface area contributed by atoms with Crippen LogP contribution in [0.2, 0.25) is 0 Å². The van der Waals surface area contributed by atoms with Gasteiger partial charge in [-0.15, -0.1) is 30.6 Å². The van der Waals surface area contributed by atoms with E-state index in [1.807, 2.05) is 83.5 Å². The van der Waals surface area contributed by atoms with E-state index in [2.05, 4.69) is 71.7 Å². The molecule has 0 aliphatic carbocycles. The fraction of sp³-hybridized carbons (Fsp3) is 0.615. The van der Waals surface area contributed by atoms with E-state index in [-0.39, 0.29) is 0 Å². The second-order valence-corrected chi connectivity index (χ2v) is 6.97. The topological polar surface area (TPSA) is 210 Å². The average Bonchev–Trinajstić information content (AvgIpc) is 3.94. The molecule has 260 valence electrons. The molecule has 6 heterocycles. The summed E-state index contributed by atoms with van der Waals surface area (Å²) in [5.41, 5.74) is 0. The molecule has 0 bridgehead atoms. The Bertz CT molecular complexity index is 1130. The zero-order valence-corrected chi connectivity index (χ0v) is 30.6. The number of aromatic nitrogens is 20. The largest absolute Gasteiger partial charge is 0.323 e. The van der Waals surface area contributed by atoms with Crippen molar-refractivity contribution in [3.8, 4) is 0 Å². The van der Waals surface area contributed by atoms with Crippen molar-refractivity contribution in [3.63, 3.8) is 0 Å². The summed E-state index contributed by atoms with van der Waals surface area (Å²) in [4.78, 5) is 6.60. The number of hydrogen-bond acceptors (Lipinski definition) is 14. The van der Waals surface area contributed by atoms with Crippen LogP contribution in [0.15, 0.2) is 50.1 Å². The zero-order valence-electron chi connectivity index (χ0n) is 30.6. The van der Waals surface area contributed by atoms with Gasteiger partial charge in [0.05, 0.1) is 25.6 Å². The Morgan fingerprint density at radius 1 is 0.543 bits per heavy atom. The maximum atomic E-state index is 3.81. The highest BCUT2D eigenvalue weighted by Gasteiger charge is 1.87. The fourth-order valence-electron chi connectivity index (χ4n) is 1.72. The molecule has 0 saturated heterocycles. The van der Waals surface area contributed by atoms with Crippen molar-refractivity contribution in [2.24, 2.45) is 42.3 Å². The third-order valence-corrected chi connectivity index (χ3v) is 3.58. The zero-order chi connectivity index (χ0) is 36.2. The highest BCUT2D eigenvalue weighted by atomic mass is 15.6. The highest BCUT2D eigenvalue weighted by molar-refractivity contribution is 4.69. The Morgan fingerprint density at radius 3 is 1.24 bits per heavy atom. The van der Waals surface area contributed by atoms with Gasteiger partial charge >= 0.3 is 0 Å². The van der Waals surface area contributed by atoms with Gasteiger partial charge in [-0.25, -0.2) is 9.67 Å². The Morgan fingerprint density at radius 2 is 1.11 bits per heavy atom. The van der Waals surface area contributed by atoms with Gasteiger partial charge in [-0.05, 0) is 29.5 Å². The highest BCUT2D eigenvalue weighted by Crippen LogP contribution is 1.78. The van der Waals surface area contributed by atoms with Crippen molar-refractivity contribution in [1.82, 2.24) is 99.9 Å². The second-order valence-electron chi connectivity index (χ2n) is 6.97. The van der Waals surface area contributed by atoms with Crippen LogP contribution in [0.3, 0.4) is 0 Å². The lowest BCUT2D eigenvalue weighted by Crippen LogP contribution is -1.92. The minimum atomic E-state index is 0.711. The summed E-state index contributed by atoms with van der Waals surface area (Å²) in [5, 5.41) is 46.9. The van der Waals surface area contributed by atoms with E-state index < -0.39 is 0 Å². The lowest BCUT2D eigenvalue weighted by atomic mass is 10.7. The number of aryl methyl sites for hydroxylation is 8. The molecule has 0 spiro atoms. The first-order valence-electron chi connectivity index (χ1n) is 14.7. The quantitative estimate of drug-likeness (QED) is 0.232. The summed E-state index contributed by atoms with van der Waals surface area (Å²) >= 11 is 0. The molecule has 0 aliphatic heterocycles. The third kappa shape index (κ3) is 31.6. The summed E-state index contributed by atoms with van der Waals surface area (Å²) < 4.78 is 6.67. The Balaban J connectivity index is -0.000000220. The molecule has 0 amide bonds. The molecule has 6 aromatic heterocycles. The van der Waals surface area contributed by atoms with Crippen molar-refractivity contribution in [3.05, 3.63) is 61.7 Å². The van der Waals surface area contributed by atoms with Gasteiger partial charge in [0.2, 0.25) is 0 Å². The van der Waals surface area contributed by atoms with Crippen LogP contribution in [-0.4, -0.2) is 99.9 Å². The molecule has 0 N–H and O–H groups in total. The van der Waals surface area contributed by atoms with Gasteiger partial charge in [-0.2, -0.15) is 24.9 Å². The van der Waals surface area contributed by atoms with E-state index in [9.17, 15) is 0 Å². The van der Waals surface area contributed by atoms with E-state index in [0.29, 0.717) is 5.82 Å². The number of rotatable bonds is 0. The Hall–Kier alpha value is -5.30. The molecule has 0 unspecified atom stereocenters. The molecule has 0 atom stereocenters. The number of tetrazole rings is 2. The van der Waals surface area contributed by atoms with Gasteiger partial charge in [0.25, 0.3) is 0 Å². The van der Waals surface area contributed by atoms with E-state index in [0.717, 1.165) is 5.82 Å².